The van der Waals surface area contributed by atoms with E-state index in [1.165, 1.54) is 0 Å². The van der Waals surface area contributed by atoms with Crippen molar-refractivity contribution in [1.82, 2.24) is 10.1 Å². The standard InChI is InChI=1S/C12H10ClN3O/c1-6-12(10-5-11(14)17-16-10)8-3-2-7(13)4-9(8)15-6/h2-5,15H,14H2,1H3. The van der Waals surface area contributed by atoms with Crippen molar-refractivity contribution in [1.29, 1.82) is 0 Å². The number of aromatic amines is 1. The third kappa shape index (κ3) is 1.57. The molecule has 0 bridgehead atoms. The minimum absolute atomic E-state index is 0.308. The van der Waals surface area contributed by atoms with E-state index in [-0.39, 0.29) is 0 Å². The molecule has 2 heterocycles. The minimum atomic E-state index is 0.308. The number of fused-ring (bicyclic) bond motifs is 1. The summed E-state index contributed by atoms with van der Waals surface area (Å²) in [6.45, 7) is 1.98. The van der Waals surface area contributed by atoms with Crippen LogP contribution in [-0.4, -0.2) is 10.1 Å². The zero-order chi connectivity index (χ0) is 12.0. The van der Waals surface area contributed by atoms with Crippen LogP contribution in [0.5, 0.6) is 0 Å². The molecule has 0 saturated heterocycles. The zero-order valence-corrected chi connectivity index (χ0v) is 9.88. The van der Waals surface area contributed by atoms with Crippen LogP contribution in [0.4, 0.5) is 5.88 Å². The molecule has 0 spiro atoms. The summed E-state index contributed by atoms with van der Waals surface area (Å²) in [5.41, 5.74) is 9.26. The van der Waals surface area contributed by atoms with Crippen LogP contribution in [0.15, 0.2) is 28.8 Å². The number of aromatic nitrogens is 2. The highest BCUT2D eigenvalue weighted by Crippen LogP contribution is 2.33. The van der Waals surface area contributed by atoms with E-state index < -0.39 is 0 Å². The van der Waals surface area contributed by atoms with E-state index in [1.807, 2.05) is 25.1 Å². The molecule has 0 aliphatic heterocycles. The number of nitrogens with two attached hydrogens (primary N) is 1. The van der Waals surface area contributed by atoms with Crippen molar-refractivity contribution in [3.63, 3.8) is 0 Å². The third-order valence-corrected chi connectivity index (χ3v) is 2.97. The lowest BCUT2D eigenvalue weighted by Crippen LogP contribution is -1.79. The van der Waals surface area contributed by atoms with Gasteiger partial charge in [-0.25, -0.2) is 0 Å². The van der Waals surface area contributed by atoms with Gasteiger partial charge in [-0.2, -0.15) is 0 Å². The Morgan fingerprint density at radius 2 is 2.18 bits per heavy atom. The highest BCUT2D eigenvalue weighted by Gasteiger charge is 2.14. The lowest BCUT2D eigenvalue weighted by atomic mass is 10.1. The minimum Gasteiger partial charge on any atom is -0.368 e. The van der Waals surface area contributed by atoms with Crippen molar-refractivity contribution in [3.05, 3.63) is 35.0 Å². The maximum absolute atomic E-state index is 5.96. The largest absolute Gasteiger partial charge is 0.368 e. The average molecular weight is 248 g/mol. The summed E-state index contributed by atoms with van der Waals surface area (Å²) >= 11 is 5.96. The van der Waals surface area contributed by atoms with Crippen molar-refractivity contribution < 1.29 is 4.52 Å². The molecule has 0 aliphatic rings. The molecule has 0 fully saturated rings. The Labute approximate surface area is 102 Å². The Kier molecular flexibility index (Phi) is 2.12. The van der Waals surface area contributed by atoms with Crippen LogP contribution in [0.3, 0.4) is 0 Å². The second-order valence-electron chi connectivity index (χ2n) is 3.93. The van der Waals surface area contributed by atoms with Gasteiger partial charge >= 0.3 is 0 Å². The van der Waals surface area contributed by atoms with Gasteiger partial charge in [-0.05, 0) is 19.1 Å². The molecule has 86 valence electrons. The molecule has 0 unspecified atom stereocenters. The van der Waals surface area contributed by atoms with Crippen molar-refractivity contribution in [2.75, 3.05) is 5.73 Å². The highest BCUT2D eigenvalue weighted by molar-refractivity contribution is 6.31. The number of hydrogen-bond acceptors (Lipinski definition) is 3. The van der Waals surface area contributed by atoms with Gasteiger partial charge in [-0.15, -0.1) is 0 Å². The predicted octanol–water partition coefficient (Wildman–Crippen LogP) is 3.37. The number of aryl methyl sites for hydroxylation is 1. The van der Waals surface area contributed by atoms with E-state index in [9.17, 15) is 0 Å². The normalized spacial score (nSPS) is 11.2. The smallest absolute Gasteiger partial charge is 0.222 e. The van der Waals surface area contributed by atoms with Gasteiger partial charge in [0.25, 0.3) is 0 Å². The van der Waals surface area contributed by atoms with E-state index in [4.69, 9.17) is 21.9 Å². The van der Waals surface area contributed by atoms with E-state index in [0.29, 0.717) is 10.9 Å². The lowest BCUT2D eigenvalue weighted by Gasteiger charge is -1.95. The number of benzene rings is 1. The van der Waals surface area contributed by atoms with Gasteiger partial charge in [0.2, 0.25) is 5.88 Å². The number of H-pyrrole nitrogens is 1. The third-order valence-electron chi connectivity index (χ3n) is 2.73. The fourth-order valence-corrected chi connectivity index (χ4v) is 2.21. The first-order chi connectivity index (χ1) is 8.15. The van der Waals surface area contributed by atoms with Crippen LogP contribution >= 0.6 is 11.6 Å². The second kappa shape index (κ2) is 3.53. The molecule has 0 atom stereocenters. The lowest BCUT2D eigenvalue weighted by molar-refractivity contribution is 0.439. The molecular formula is C12H10ClN3O. The molecule has 0 amide bonds. The summed E-state index contributed by atoms with van der Waals surface area (Å²) < 4.78 is 4.90. The molecule has 3 N–H and O–H groups in total. The number of halogens is 1. The summed E-state index contributed by atoms with van der Waals surface area (Å²) in [5, 5.41) is 5.69. The van der Waals surface area contributed by atoms with E-state index in [2.05, 4.69) is 10.1 Å². The summed E-state index contributed by atoms with van der Waals surface area (Å²) in [4.78, 5) is 3.27. The number of nitrogens with one attached hydrogen (secondary N) is 1. The maximum atomic E-state index is 5.96. The van der Waals surface area contributed by atoms with E-state index in [1.54, 1.807) is 6.07 Å². The zero-order valence-electron chi connectivity index (χ0n) is 9.12. The number of anilines is 1. The van der Waals surface area contributed by atoms with Crippen LogP contribution in [0.25, 0.3) is 22.2 Å². The van der Waals surface area contributed by atoms with Gasteiger partial charge in [0.1, 0.15) is 5.69 Å². The van der Waals surface area contributed by atoms with E-state index >= 15 is 0 Å². The van der Waals surface area contributed by atoms with Gasteiger partial charge in [-0.3, -0.25) is 0 Å². The molecule has 1 aromatic carbocycles. The quantitative estimate of drug-likeness (QED) is 0.693. The van der Waals surface area contributed by atoms with Crippen LogP contribution in [0.2, 0.25) is 5.02 Å². The van der Waals surface area contributed by atoms with Crippen LogP contribution in [0.1, 0.15) is 5.69 Å². The Morgan fingerprint density at radius 1 is 1.35 bits per heavy atom. The Hall–Kier alpha value is -1.94. The van der Waals surface area contributed by atoms with Gasteiger partial charge < -0.3 is 15.2 Å². The summed E-state index contributed by atoms with van der Waals surface area (Å²) in [6, 6.07) is 7.41. The monoisotopic (exact) mass is 247 g/mol. The van der Waals surface area contributed by atoms with Gasteiger partial charge in [-0.1, -0.05) is 22.8 Å². The molecule has 3 rings (SSSR count). The van der Waals surface area contributed by atoms with Crippen LogP contribution in [-0.2, 0) is 0 Å². The van der Waals surface area contributed by atoms with Gasteiger partial charge in [0.15, 0.2) is 0 Å². The molecule has 5 heteroatoms. The van der Waals surface area contributed by atoms with Crippen LogP contribution < -0.4 is 5.73 Å². The van der Waals surface area contributed by atoms with Crippen LogP contribution in [0, 0.1) is 6.92 Å². The molecule has 3 aromatic rings. The number of rotatable bonds is 1. The number of nitrogens with zero attached hydrogens (tertiary/aromatic N) is 1. The number of nitrogen functional groups attached to an aromatic ring is 1. The maximum Gasteiger partial charge on any atom is 0.222 e. The Balaban J connectivity index is 2.32. The first-order valence-corrected chi connectivity index (χ1v) is 5.53. The van der Waals surface area contributed by atoms with Crippen molar-refractivity contribution >= 4 is 28.4 Å². The molecule has 4 nitrogen and oxygen atoms in total. The Morgan fingerprint density at radius 3 is 2.88 bits per heavy atom. The fourth-order valence-electron chi connectivity index (χ4n) is 2.04. The predicted molar refractivity (Wildman–Crippen MR) is 68.0 cm³/mol. The molecule has 17 heavy (non-hydrogen) atoms. The topological polar surface area (TPSA) is 67.8 Å². The van der Waals surface area contributed by atoms with Crippen molar-refractivity contribution in [2.24, 2.45) is 0 Å². The SMILES string of the molecule is Cc1[nH]c2cc(Cl)ccc2c1-c1cc(N)on1. The molecule has 0 aliphatic carbocycles. The average Bonchev–Trinajstić information content (AvgIpc) is 2.80. The van der Waals surface area contributed by atoms with Gasteiger partial charge in [0, 0.05) is 33.2 Å². The summed E-state index contributed by atoms with van der Waals surface area (Å²) in [5.74, 6) is 0.308. The molecular weight excluding hydrogens is 238 g/mol. The molecule has 0 saturated carbocycles. The molecule has 0 radical (unpaired) electrons. The summed E-state index contributed by atoms with van der Waals surface area (Å²) in [7, 11) is 0. The second-order valence-corrected chi connectivity index (χ2v) is 4.37. The van der Waals surface area contributed by atoms with E-state index in [0.717, 1.165) is 27.9 Å². The fraction of sp³-hybridized carbons (Fsp3) is 0.0833. The highest BCUT2D eigenvalue weighted by atomic mass is 35.5. The first kappa shape index (κ1) is 10.2. The summed E-state index contributed by atoms with van der Waals surface area (Å²) in [6.07, 6.45) is 0. The first-order valence-electron chi connectivity index (χ1n) is 5.15. The van der Waals surface area contributed by atoms with Crippen molar-refractivity contribution in [2.45, 2.75) is 6.92 Å². The number of hydrogen-bond donors (Lipinski definition) is 2. The Bertz CT molecular complexity index is 699. The van der Waals surface area contributed by atoms with Gasteiger partial charge in [0.05, 0.1) is 0 Å². The van der Waals surface area contributed by atoms with Crippen molar-refractivity contribution in [3.8, 4) is 11.3 Å². The molecule has 2 aromatic heterocycles.